The number of benzene rings is 1. The lowest BCUT2D eigenvalue weighted by atomic mass is 10.1. The van der Waals surface area contributed by atoms with Crippen molar-refractivity contribution in [3.8, 4) is 5.75 Å². The molecule has 0 bridgehead atoms. The zero-order valence-corrected chi connectivity index (χ0v) is 14.4. The Hall–Kier alpha value is -1.75. The quantitative estimate of drug-likeness (QED) is 0.571. The Bertz CT molecular complexity index is 475. The Morgan fingerprint density at radius 2 is 2.09 bits per heavy atom. The Morgan fingerprint density at radius 3 is 2.73 bits per heavy atom. The molecule has 0 aliphatic heterocycles. The Morgan fingerprint density at radius 1 is 1.32 bits per heavy atom. The van der Waals surface area contributed by atoms with E-state index in [9.17, 15) is 0 Å². The molecule has 124 valence electrons. The van der Waals surface area contributed by atoms with E-state index in [0.717, 1.165) is 36.8 Å². The van der Waals surface area contributed by atoms with Crippen LogP contribution in [0.25, 0.3) is 0 Å². The third-order valence-corrected chi connectivity index (χ3v) is 3.29. The van der Waals surface area contributed by atoms with Crippen molar-refractivity contribution < 1.29 is 9.47 Å². The highest BCUT2D eigenvalue weighted by molar-refractivity contribution is 5.80. The first-order valence-corrected chi connectivity index (χ1v) is 7.78. The zero-order valence-electron chi connectivity index (χ0n) is 14.4. The van der Waals surface area contributed by atoms with Gasteiger partial charge < -0.3 is 20.1 Å². The fourth-order valence-electron chi connectivity index (χ4n) is 2.16. The summed E-state index contributed by atoms with van der Waals surface area (Å²) in [5.74, 6) is 1.76. The largest absolute Gasteiger partial charge is 0.496 e. The van der Waals surface area contributed by atoms with E-state index >= 15 is 0 Å². The number of ether oxygens (including phenoxy) is 2. The van der Waals surface area contributed by atoms with Crippen LogP contribution in [0.15, 0.2) is 23.2 Å². The Balaban J connectivity index is 2.59. The Kier molecular flexibility index (Phi) is 8.36. The van der Waals surface area contributed by atoms with Crippen LogP contribution in [0.2, 0.25) is 0 Å². The molecule has 0 aromatic heterocycles. The summed E-state index contributed by atoms with van der Waals surface area (Å²) >= 11 is 0. The van der Waals surface area contributed by atoms with E-state index in [2.05, 4.69) is 47.7 Å². The van der Waals surface area contributed by atoms with Crippen molar-refractivity contribution in [1.29, 1.82) is 0 Å². The van der Waals surface area contributed by atoms with Crippen LogP contribution in [-0.2, 0) is 11.2 Å². The maximum Gasteiger partial charge on any atom is 0.191 e. The van der Waals surface area contributed by atoms with Crippen LogP contribution in [0.4, 0.5) is 0 Å². The lowest BCUT2D eigenvalue weighted by Gasteiger charge is -2.17. The van der Waals surface area contributed by atoms with E-state index in [-0.39, 0.29) is 6.04 Å². The molecule has 0 aliphatic carbocycles. The number of hydrogen-bond donors (Lipinski definition) is 2. The van der Waals surface area contributed by atoms with Crippen molar-refractivity contribution in [2.75, 3.05) is 33.9 Å². The van der Waals surface area contributed by atoms with Gasteiger partial charge >= 0.3 is 0 Å². The number of guanidine groups is 1. The molecule has 1 aromatic carbocycles. The molecule has 1 rings (SSSR count). The number of nitrogens with zero attached hydrogens (tertiary/aromatic N) is 1. The molecule has 0 saturated carbocycles. The van der Waals surface area contributed by atoms with E-state index in [4.69, 9.17) is 9.47 Å². The minimum atomic E-state index is 0.224. The first kappa shape index (κ1) is 18.3. The molecule has 0 saturated heterocycles. The van der Waals surface area contributed by atoms with Gasteiger partial charge in [-0.25, -0.2) is 0 Å². The molecule has 0 amide bonds. The zero-order chi connectivity index (χ0) is 16.4. The fraction of sp³-hybridized carbons (Fsp3) is 0.588. The van der Waals surface area contributed by atoms with Crippen molar-refractivity contribution >= 4 is 5.96 Å². The number of hydrogen-bond acceptors (Lipinski definition) is 3. The van der Waals surface area contributed by atoms with E-state index < -0.39 is 0 Å². The highest BCUT2D eigenvalue weighted by Crippen LogP contribution is 2.19. The Labute approximate surface area is 134 Å². The van der Waals surface area contributed by atoms with Crippen molar-refractivity contribution in [3.05, 3.63) is 29.3 Å². The van der Waals surface area contributed by atoms with Crippen LogP contribution in [0.5, 0.6) is 5.75 Å². The maximum atomic E-state index is 5.36. The summed E-state index contributed by atoms with van der Waals surface area (Å²) in [7, 11) is 3.40. The summed E-state index contributed by atoms with van der Waals surface area (Å²) in [5.41, 5.74) is 2.38. The SMILES string of the molecule is CCNC(=NCCc1ccc(C)c(OC)c1)NC(C)COC. The van der Waals surface area contributed by atoms with Crippen LogP contribution < -0.4 is 15.4 Å². The van der Waals surface area contributed by atoms with Gasteiger partial charge in [0, 0.05) is 26.2 Å². The number of aryl methyl sites for hydroxylation is 1. The standard InChI is InChI=1S/C17H29N3O2/c1-6-18-17(20-14(3)12-21-4)19-10-9-15-8-7-13(2)16(11-15)22-5/h7-8,11,14H,6,9-10,12H2,1-5H3,(H2,18,19,20). The highest BCUT2D eigenvalue weighted by Gasteiger charge is 2.04. The van der Waals surface area contributed by atoms with Gasteiger partial charge in [0.25, 0.3) is 0 Å². The first-order chi connectivity index (χ1) is 10.6. The van der Waals surface area contributed by atoms with Gasteiger partial charge in [0.15, 0.2) is 5.96 Å². The second-order valence-corrected chi connectivity index (χ2v) is 5.32. The van der Waals surface area contributed by atoms with Crippen molar-refractivity contribution in [2.45, 2.75) is 33.2 Å². The first-order valence-electron chi connectivity index (χ1n) is 7.78. The second kappa shape index (κ2) is 10.1. The molecular weight excluding hydrogens is 278 g/mol. The van der Waals surface area contributed by atoms with Gasteiger partial charge in [0.1, 0.15) is 5.75 Å². The van der Waals surface area contributed by atoms with Crippen LogP contribution in [-0.4, -0.2) is 45.9 Å². The predicted molar refractivity (Wildman–Crippen MR) is 91.9 cm³/mol. The molecule has 0 aliphatic rings. The molecule has 0 spiro atoms. The third-order valence-electron chi connectivity index (χ3n) is 3.29. The van der Waals surface area contributed by atoms with E-state index in [0.29, 0.717) is 6.61 Å². The molecule has 0 fully saturated rings. The second-order valence-electron chi connectivity index (χ2n) is 5.32. The summed E-state index contributed by atoms with van der Waals surface area (Å²) < 4.78 is 10.5. The van der Waals surface area contributed by atoms with Gasteiger partial charge in [0.05, 0.1) is 13.7 Å². The van der Waals surface area contributed by atoms with Crippen LogP contribution in [0.1, 0.15) is 25.0 Å². The lowest BCUT2D eigenvalue weighted by Crippen LogP contribution is -2.44. The molecule has 22 heavy (non-hydrogen) atoms. The van der Waals surface area contributed by atoms with Gasteiger partial charge in [-0.2, -0.15) is 0 Å². The monoisotopic (exact) mass is 307 g/mol. The van der Waals surface area contributed by atoms with Gasteiger partial charge in [-0.1, -0.05) is 12.1 Å². The average Bonchev–Trinajstić information content (AvgIpc) is 2.49. The fourth-order valence-corrected chi connectivity index (χ4v) is 2.16. The summed E-state index contributed by atoms with van der Waals surface area (Å²) in [5, 5.41) is 6.57. The average molecular weight is 307 g/mol. The maximum absolute atomic E-state index is 5.36. The van der Waals surface area contributed by atoms with Crippen LogP contribution in [0, 0.1) is 6.92 Å². The van der Waals surface area contributed by atoms with E-state index in [1.807, 2.05) is 6.92 Å². The van der Waals surface area contributed by atoms with Crippen LogP contribution >= 0.6 is 0 Å². The lowest BCUT2D eigenvalue weighted by molar-refractivity contribution is 0.179. The number of aliphatic imine (C=N–C) groups is 1. The summed E-state index contributed by atoms with van der Waals surface area (Å²) in [6, 6.07) is 6.52. The number of rotatable bonds is 8. The summed E-state index contributed by atoms with van der Waals surface area (Å²) in [4.78, 5) is 4.61. The highest BCUT2D eigenvalue weighted by atomic mass is 16.5. The molecule has 5 heteroatoms. The normalized spacial score (nSPS) is 12.9. The topological polar surface area (TPSA) is 54.9 Å². The minimum absolute atomic E-state index is 0.224. The molecule has 1 atom stereocenters. The number of nitrogens with one attached hydrogen (secondary N) is 2. The van der Waals surface area contributed by atoms with Crippen molar-refractivity contribution in [3.63, 3.8) is 0 Å². The van der Waals surface area contributed by atoms with Crippen molar-refractivity contribution in [1.82, 2.24) is 10.6 Å². The molecule has 0 heterocycles. The smallest absolute Gasteiger partial charge is 0.191 e. The molecular formula is C17H29N3O2. The number of methoxy groups -OCH3 is 2. The van der Waals surface area contributed by atoms with Gasteiger partial charge in [-0.05, 0) is 44.4 Å². The third kappa shape index (κ3) is 6.35. The van der Waals surface area contributed by atoms with Crippen molar-refractivity contribution in [2.24, 2.45) is 4.99 Å². The molecule has 2 N–H and O–H groups in total. The molecule has 1 aromatic rings. The van der Waals surface area contributed by atoms with Gasteiger partial charge in [-0.3, -0.25) is 4.99 Å². The van der Waals surface area contributed by atoms with Crippen LogP contribution in [0.3, 0.4) is 0 Å². The molecule has 1 unspecified atom stereocenters. The van der Waals surface area contributed by atoms with E-state index in [1.54, 1.807) is 14.2 Å². The molecule has 5 nitrogen and oxygen atoms in total. The summed E-state index contributed by atoms with van der Waals surface area (Å²) in [6.07, 6.45) is 0.881. The van der Waals surface area contributed by atoms with E-state index in [1.165, 1.54) is 5.56 Å². The summed E-state index contributed by atoms with van der Waals surface area (Å²) in [6.45, 7) is 8.39. The minimum Gasteiger partial charge on any atom is -0.496 e. The van der Waals surface area contributed by atoms with Gasteiger partial charge in [-0.15, -0.1) is 0 Å². The van der Waals surface area contributed by atoms with Gasteiger partial charge in [0.2, 0.25) is 0 Å². The predicted octanol–water partition coefficient (Wildman–Crippen LogP) is 2.14. The molecule has 0 radical (unpaired) electrons.